The molecule has 288 valence electrons. The van der Waals surface area contributed by atoms with Crippen molar-refractivity contribution in [2.24, 2.45) is 0 Å². The molecule has 7 rings (SSSR count). The number of halogens is 5. The molecule has 8 nitrogen and oxygen atoms in total. The number of carboxylic acid groups (broad SMARTS) is 1. The maximum absolute atomic E-state index is 10.6. The predicted molar refractivity (Wildman–Crippen MR) is 223 cm³/mol. The molecule has 0 spiro atoms. The molecule has 0 radical (unpaired) electrons. The number of nitrogens with one attached hydrogen (secondary N) is 4. The number of rotatable bonds is 14. The molecule has 4 aromatic carbocycles. The number of aromatic nitrogens is 2. The average Bonchev–Trinajstić information content (AvgIpc) is 3.68. The molecule has 0 fully saturated rings. The minimum Gasteiger partial charge on any atom is -0.475 e. The molecule has 7 aromatic rings. The number of fused-ring (bicyclic) bond motifs is 2. The van der Waals surface area contributed by atoms with Crippen molar-refractivity contribution in [2.75, 3.05) is 36.8 Å². The zero-order valence-electron chi connectivity index (χ0n) is 29.8. The van der Waals surface area contributed by atoms with Crippen LogP contribution in [-0.4, -0.2) is 53.4 Å². The van der Waals surface area contributed by atoms with Crippen LogP contribution < -0.4 is 21.3 Å². The van der Waals surface area contributed by atoms with Gasteiger partial charge >= 0.3 is 12.1 Å². The first-order valence-electron chi connectivity index (χ1n) is 17.6. The lowest BCUT2D eigenvalue weighted by Crippen LogP contribution is -2.21. The van der Waals surface area contributed by atoms with Gasteiger partial charge in [0.05, 0.1) is 11.0 Å². The van der Waals surface area contributed by atoms with Gasteiger partial charge in [-0.15, -0.1) is 11.3 Å². The summed E-state index contributed by atoms with van der Waals surface area (Å²) in [7, 11) is 0. The van der Waals surface area contributed by atoms with Gasteiger partial charge in [-0.1, -0.05) is 71.7 Å². The summed E-state index contributed by atoms with van der Waals surface area (Å²) in [5.41, 5.74) is 8.94. The lowest BCUT2D eigenvalue weighted by Gasteiger charge is -2.11. The van der Waals surface area contributed by atoms with Crippen LogP contribution in [0.5, 0.6) is 0 Å². The summed E-state index contributed by atoms with van der Waals surface area (Å²) >= 11 is 14.1. The molecule has 0 bridgehead atoms. The van der Waals surface area contributed by atoms with Crippen LogP contribution in [-0.2, 0) is 17.9 Å². The van der Waals surface area contributed by atoms with Crippen molar-refractivity contribution in [1.29, 1.82) is 0 Å². The van der Waals surface area contributed by atoms with Crippen molar-refractivity contribution in [2.45, 2.75) is 19.3 Å². The first kappa shape index (κ1) is 40.4. The third-order valence-electron chi connectivity index (χ3n) is 8.63. The molecule has 0 aliphatic rings. The van der Waals surface area contributed by atoms with Crippen molar-refractivity contribution in [1.82, 2.24) is 20.6 Å². The molecule has 0 atom stereocenters. The van der Waals surface area contributed by atoms with E-state index < -0.39 is 12.1 Å². The van der Waals surface area contributed by atoms with Crippen LogP contribution in [0.1, 0.15) is 11.1 Å². The number of carboxylic acids is 1. The number of aliphatic carboxylic acids is 1. The number of benzene rings is 4. The van der Waals surface area contributed by atoms with E-state index >= 15 is 0 Å². The molecule has 5 N–H and O–H groups in total. The van der Waals surface area contributed by atoms with Crippen LogP contribution in [0.4, 0.5) is 24.5 Å². The van der Waals surface area contributed by atoms with Crippen LogP contribution in [0, 0.1) is 0 Å². The Morgan fingerprint density at radius 2 is 1.02 bits per heavy atom. The Hall–Kier alpha value is -5.24. The molecular weight excluding hydrogens is 780 g/mol. The minimum absolute atomic E-state index is 0.697. The van der Waals surface area contributed by atoms with Gasteiger partial charge in [-0.25, -0.2) is 4.79 Å². The zero-order valence-corrected chi connectivity index (χ0v) is 32.2. The van der Waals surface area contributed by atoms with Crippen LogP contribution in [0.3, 0.4) is 0 Å². The first-order valence-corrected chi connectivity index (χ1v) is 19.2. The van der Waals surface area contributed by atoms with Crippen LogP contribution in [0.2, 0.25) is 10.0 Å². The van der Waals surface area contributed by atoms with Gasteiger partial charge < -0.3 is 26.4 Å². The van der Waals surface area contributed by atoms with E-state index in [0.717, 1.165) is 72.4 Å². The number of thiophene rings is 1. The van der Waals surface area contributed by atoms with E-state index in [2.05, 4.69) is 91.9 Å². The molecule has 0 unspecified atom stereocenters. The second-order valence-corrected chi connectivity index (χ2v) is 14.6. The summed E-state index contributed by atoms with van der Waals surface area (Å²) in [5, 5.41) is 24.8. The van der Waals surface area contributed by atoms with Crippen LogP contribution >= 0.6 is 34.5 Å². The van der Waals surface area contributed by atoms with Crippen molar-refractivity contribution >= 4 is 73.7 Å². The minimum atomic E-state index is -5.08. The number of hydrogen-bond acceptors (Lipinski definition) is 8. The maximum atomic E-state index is 10.6. The van der Waals surface area contributed by atoms with E-state index in [4.69, 9.17) is 33.1 Å². The smallest absolute Gasteiger partial charge is 0.475 e. The van der Waals surface area contributed by atoms with E-state index in [1.54, 1.807) is 0 Å². The predicted octanol–water partition coefficient (Wildman–Crippen LogP) is 10.5. The molecule has 56 heavy (non-hydrogen) atoms. The van der Waals surface area contributed by atoms with Gasteiger partial charge in [0, 0.05) is 93.6 Å². The Morgan fingerprint density at radius 1 is 0.607 bits per heavy atom. The average molecular weight is 818 g/mol. The van der Waals surface area contributed by atoms with E-state index in [1.165, 1.54) is 32.0 Å². The molecule has 0 amide bonds. The number of pyridine rings is 2. The Kier molecular flexibility index (Phi) is 13.8. The summed E-state index contributed by atoms with van der Waals surface area (Å²) in [5.74, 6) is -2.76. The highest BCUT2D eigenvalue weighted by atomic mass is 35.5. The Labute approximate surface area is 335 Å². The van der Waals surface area contributed by atoms with Gasteiger partial charge in [-0.3, -0.25) is 9.97 Å². The maximum Gasteiger partial charge on any atom is 0.490 e. The fraction of sp³-hybridized carbons (Fsp3) is 0.167. The summed E-state index contributed by atoms with van der Waals surface area (Å²) < 4.78 is 31.7. The summed E-state index contributed by atoms with van der Waals surface area (Å²) in [6.45, 7) is 4.96. The van der Waals surface area contributed by atoms with Crippen molar-refractivity contribution < 1.29 is 23.1 Å². The van der Waals surface area contributed by atoms with E-state index in [9.17, 15) is 13.2 Å². The highest BCUT2D eigenvalue weighted by Gasteiger charge is 2.38. The van der Waals surface area contributed by atoms with Gasteiger partial charge in [0.2, 0.25) is 0 Å². The fourth-order valence-corrected chi connectivity index (χ4v) is 7.16. The van der Waals surface area contributed by atoms with Gasteiger partial charge in [0.15, 0.2) is 0 Å². The summed E-state index contributed by atoms with van der Waals surface area (Å²) in [4.78, 5) is 20.3. The molecule has 0 saturated carbocycles. The highest BCUT2D eigenvalue weighted by molar-refractivity contribution is 7.18. The third kappa shape index (κ3) is 11.2. The SMILES string of the molecule is Clc1ccc2c(NCCNCc3ccc(-c4ccc(-c5ccc(CNCCNc6ccnc7cc(Cl)ccc67)cc5)s4)cc3)ccnc2c1.O=C(O)C(F)(F)F. The van der Waals surface area contributed by atoms with Gasteiger partial charge in [0.1, 0.15) is 0 Å². The molecule has 0 saturated heterocycles. The number of nitrogens with zero attached hydrogens (tertiary/aromatic N) is 2. The lowest BCUT2D eigenvalue weighted by molar-refractivity contribution is -0.192. The largest absolute Gasteiger partial charge is 0.490 e. The quantitative estimate of drug-likeness (QED) is 0.0690. The number of anilines is 2. The molecular formula is C42H37Cl2F3N6O2S. The van der Waals surface area contributed by atoms with Crippen molar-refractivity contribution in [3.8, 4) is 20.9 Å². The number of hydrogen-bond donors (Lipinski definition) is 5. The lowest BCUT2D eigenvalue weighted by atomic mass is 10.1. The standard InChI is InChI=1S/C40H36Cl2N6S.C2HF3O2/c41-31-9-11-33-35(15-17-45-37(33)23-31)47-21-19-43-25-27-1-5-29(6-2-27)39-13-14-40(49-39)30-7-3-28(4-8-30)26-44-20-22-48-36-16-18-46-38-24-32(42)10-12-34(36)38;3-2(4,5)1(6)7/h1-18,23-24,43-44H,19-22,25-26H2,(H,45,47)(H,46,48);(H,6,7). The number of alkyl halides is 3. The van der Waals surface area contributed by atoms with E-state index in [1.807, 2.05) is 72.3 Å². The van der Waals surface area contributed by atoms with E-state index in [-0.39, 0.29) is 0 Å². The second kappa shape index (κ2) is 19.1. The van der Waals surface area contributed by atoms with Crippen LogP contribution in [0.15, 0.2) is 122 Å². The fourth-order valence-electron chi connectivity index (χ4n) is 5.81. The number of carbonyl (C=O) groups is 1. The van der Waals surface area contributed by atoms with E-state index in [0.29, 0.717) is 10.0 Å². The zero-order chi connectivity index (χ0) is 39.5. The van der Waals surface area contributed by atoms with Crippen LogP contribution in [0.25, 0.3) is 42.7 Å². The topological polar surface area (TPSA) is 111 Å². The molecule has 3 aromatic heterocycles. The molecule has 3 heterocycles. The van der Waals surface area contributed by atoms with Gasteiger partial charge in [-0.2, -0.15) is 13.2 Å². The van der Waals surface area contributed by atoms with Gasteiger partial charge in [-0.05, 0) is 82.9 Å². The summed E-state index contributed by atoms with van der Waals surface area (Å²) in [6.07, 6.45) is -1.46. The first-order chi connectivity index (χ1) is 27.0. The third-order valence-corrected chi connectivity index (χ3v) is 10.3. The Balaban J connectivity index is 0.000000695. The second-order valence-electron chi connectivity index (χ2n) is 12.6. The highest BCUT2D eigenvalue weighted by Crippen LogP contribution is 2.35. The molecule has 0 aliphatic heterocycles. The Bertz CT molecular complexity index is 2240. The van der Waals surface area contributed by atoms with Crippen molar-refractivity contribution in [3.05, 3.63) is 143 Å². The monoisotopic (exact) mass is 816 g/mol. The Morgan fingerprint density at radius 3 is 1.41 bits per heavy atom. The van der Waals surface area contributed by atoms with Crippen molar-refractivity contribution in [3.63, 3.8) is 0 Å². The van der Waals surface area contributed by atoms with Gasteiger partial charge in [0.25, 0.3) is 0 Å². The normalized spacial score (nSPS) is 11.3. The summed E-state index contributed by atoms with van der Waals surface area (Å²) in [6, 6.07) is 37.8. The molecule has 14 heteroatoms. The molecule has 0 aliphatic carbocycles.